The number of carbonyl (C=O) groups excluding carboxylic acids is 2. The Morgan fingerprint density at radius 1 is 0.844 bits per heavy atom. The molecule has 1 aliphatic heterocycles. The number of ether oxygens (including phenoxy) is 2. The second-order valence-corrected chi connectivity index (χ2v) is 7.64. The normalized spacial score (nSPS) is 13.6. The molecule has 2 amide bonds. The van der Waals surface area contributed by atoms with Gasteiger partial charge in [-0.2, -0.15) is 0 Å². The van der Waals surface area contributed by atoms with Gasteiger partial charge in [-0.3, -0.25) is 9.59 Å². The van der Waals surface area contributed by atoms with Crippen LogP contribution in [0.25, 0.3) is 5.57 Å². The van der Waals surface area contributed by atoms with Gasteiger partial charge in [0.2, 0.25) is 0 Å². The molecular formula is C25H21ClN2O4. The lowest BCUT2D eigenvalue weighted by atomic mass is 10.0. The van der Waals surface area contributed by atoms with Crippen LogP contribution in [0.5, 0.6) is 11.5 Å². The highest BCUT2D eigenvalue weighted by Gasteiger charge is 2.41. The predicted molar refractivity (Wildman–Crippen MR) is 125 cm³/mol. The van der Waals surface area contributed by atoms with Crippen LogP contribution in [0.2, 0.25) is 5.02 Å². The van der Waals surface area contributed by atoms with Crippen molar-refractivity contribution >= 4 is 40.4 Å². The van der Waals surface area contributed by atoms with Crippen LogP contribution < -0.4 is 19.7 Å². The lowest BCUT2D eigenvalue weighted by Gasteiger charge is -2.19. The van der Waals surface area contributed by atoms with Gasteiger partial charge in [0.25, 0.3) is 11.8 Å². The molecule has 6 nitrogen and oxygen atoms in total. The van der Waals surface area contributed by atoms with Gasteiger partial charge in [0.1, 0.15) is 17.2 Å². The quantitative estimate of drug-likeness (QED) is 0.534. The highest BCUT2D eigenvalue weighted by Crippen LogP contribution is 2.40. The molecular weight excluding hydrogens is 428 g/mol. The Morgan fingerprint density at radius 3 is 2.22 bits per heavy atom. The molecule has 0 saturated carbocycles. The minimum absolute atomic E-state index is 0.144. The Labute approximate surface area is 191 Å². The number of amides is 2. The summed E-state index contributed by atoms with van der Waals surface area (Å²) in [5.74, 6) is -0.0888. The smallest absolute Gasteiger partial charge is 0.282 e. The van der Waals surface area contributed by atoms with Crippen molar-refractivity contribution in [2.75, 3.05) is 24.4 Å². The maximum absolute atomic E-state index is 13.6. The molecule has 0 saturated heterocycles. The summed E-state index contributed by atoms with van der Waals surface area (Å²) >= 11 is 6.17. The van der Waals surface area contributed by atoms with Gasteiger partial charge in [0, 0.05) is 5.02 Å². The van der Waals surface area contributed by atoms with Crippen LogP contribution >= 0.6 is 11.6 Å². The van der Waals surface area contributed by atoms with Crippen molar-refractivity contribution in [3.8, 4) is 11.5 Å². The molecule has 0 atom stereocenters. The first-order chi connectivity index (χ1) is 15.4. The molecule has 1 heterocycles. The fraction of sp³-hybridized carbons (Fsp3) is 0.120. The number of benzene rings is 3. The number of hydrogen-bond donors (Lipinski definition) is 1. The molecule has 0 fully saturated rings. The van der Waals surface area contributed by atoms with Gasteiger partial charge in [0.15, 0.2) is 0 Å². The van der Waals surface area contributed by atoms with Crippen LogP contribution in [0, 0.1) is 6.92 Å². The van der Waals surface area contributed by atoms with Crippen LogP contribution in [0.3, 0.4) is 0 Å². The van der Waals surface area contributed by atoms with E-state index in [1.807, 2.05) is 43.3 Å². The number of nitrogens with one attached hydrogen (secondary N) is 1. The Morgan fingerprint density at radius 2 is 1.53 bits per heavy atom. The lowest BCUT2D eigenvalue weighted by Crippen LogP contribution is -2.32. The van der Waals surface area contributed by atoms with Crippen LogP contribution in [0.15, 0.2) is 72.4 Å². The monoisotopic (exact) mass is 448 g/mol. The zero-order valence-corrected chi connectivity index (χ0v) is 18.6. The molecule has 0 spiro atoms. The number of methoxy groups -OCH3 is 2. The summed E-state index contributed by atoms with van der Waals surface area (Å²) in [5, 5.41) is 3.50. The molecule has 0 unspecified atom stereocenters. The van der Waals surface area contributed by atoms with Crippen molar-refractivity contribution < 1.29 is 19.1 Å². The summed E-state index contributed by atoms with van der Waals surface area (Å²) in [6.07, 6.45) is 0. The molecule has 7 heteroatoms. The molecule has 0 aliphatic carbocycles. The largest absolute Gasteiger partial charge is 0.495 e. The fourth-order valence-electron chi connectivity index (χ4n) is 3.57. The zero-order valence-electron chi connectivity index (χ0n) is 17.8. The molecule has 162 valence electrons. The topological polar surface area (TPSA) is 67.9 Å². The number of hydrogen-bond acceptors (Lipinski definition) is 5. The van der Waals surface area contributed by atoms with Gasteiger partial charge >= 0.3 is 0 Å². The number of anilines is 2. The van der Waals surface area contributed by atoms with E-state index in [0.717, 1.165) is 10.5 Å². The standard InChI is InChI=1S/C25H21ClN2O4/c1-15-8-10-16(11-9-15)22-23(27-18-6-4-5-7-20(18)31-2)25(30)28(24(22)29)19-14-17(26)12-13-21(19)32-3/h4-14,27H,1-3H3. The van der Waals surface area contributed by atoms with Crippen molar-refractivity contribution in [1.29, 1.82) is 0 Å². The summed E-state index contributed by atoms with van der Waals surface area (Å²) in [5.41, 5.74) is 2.90. The number of carbonyl (C=O) groups is 2. The summed E-state index contributed by atoms with van der Waals surface area (Å²) < 4.78 is 10.8. The van der Waals surface area contributed by atoms with E-state index in [1.165, 1.54) is 13.2 Å². The Hall–Kier alpha value is -3.77. The third kappa shape index (κ3) is 3.81. The fourth-order valence-corrected chi connectivity index (χ4v) is 3.74. The number of para-hydroxylation sites is 2. The summed E-state index contributed by atoms with van der Waals surface area (Å²) in [7, 11) is 3.01. The van der Waals surface area contributed by atoms with E-state index in [-0.39, 0.29) is 17.0 Å². The predicted octanol–water partition coefficient (Wildman–Crippen LogP) is 5.06. The van der Waals surface area contributed by atoms with Gasteiger partial charge < -0.3 is 14.8 Å². The van der Waals surface area contributed by atoms with Gasteiger partial charge in [-0.1, -0.05) is 53.6 Å². The third-order valence-corrected chi connectivity index (χ3v) is 5.41. The zero-order chi connectivity index (χ0) is 22.8. The van der Waals surface area contributed by atoms with Crippen LogP contribution in [-0.2, 0) is 9.59 Å². The molecule has 1 N–H and O–H groups in total. The van der Waals surface area contributed by atoms with Gasteiger partial charge in [-0.05, 0) is 42.8 Å². The van der Waals surface area contributed by atoms with Gasteiger partial charge in [-0.25, -0.2) is 4.90 Å². The molecule has 0 aromatic heterocycles. The molecule has 3 aromatic rings. The third-order valence-electron chi connectivity index (χ3n) is 5.17. The minimum Gasteiger partial charge on any atom is -0.495 e. The van der Waals surface area contributed by atoms with Crippen molar-refractivity contribution in [2.45, 2.75) is 6.92 Å². The van der Waals surface area contributed by atoms with Crippen LogP contribution in [0.4, 0.5) is 11.4 Å². The SMILES string of the molecule is COc1ccccc1NC1=C(c2ccc(C)cc2)C(=O)N(c2cc(Cl)ccc2OC)C1=O. The van der Waals surface area contributed by atoms with E-state index in [1.54, 1.807) is 31.4 Å². The first-order valence-corrected chi connectivity index (χ1v) is 10.3. The van der Waals surface area contributed by atoms with Crippen molar-refractivity contribution in [3.05, 3.63) is 88.6 Å². The molecule has 0 bridgehead atoms. The van der Waals surface area contributed by atoms with E-state index in [0.29, 0.717) is 27.8 Å². The number of halogens is 1. The summed E-state index contributed by atoms with van der Waals surface area (Å²) in [6.45, 7) is 1.96. The van der Waals surface area contributed by atoms with Crippen LogP contribution in [-0.4, -0.2) is 26.0 Å². The number of rotatable bonds is 6. The molecule has 3 aromatic carbocycles. The van der Waals surface area contributed by atoms with Crippen molar-refractivity contribution in [1.82, 2.24) is 0 Å². The number of aryl methyl sites for hydroxylation is 1. The van der Waals surface area contributed by atoms with Gasteiger partial charge in [0.05, 0.1) is 31.2 Å². The van der Waals surface area contributed by atoms with E-state index in [4.69, 9.17) is 21.1 Å². The maximum atomic E-state index is 13.6. The maximum Gasteiger partial charge on any atom is 0.282 e. The lowest BCUT2D eigenvalue weighted by molar-refractivity contribution is -0.120. The van der Waals surface area contributed by atoms with Crippen molar-refractivity contribution in [2.24, 2.45) is 0 Å². The van der Waals surface area contributed by atoms with E-state index >= 15 is 0 Å². The Kier molecular flexibility index (Phi) is 5.88. The summed E-state index contributed by atoms with van der Waals surface area (Å²) in [6, 6.07) is 19.4. The first-order valence-electron chi connectivity index (χ1n) is 9.88. The van der Waals surface area contributed by atoms with E-state index < -0.39 is 11.8 Å². The second kappa shape index (κ2) is 8.77. The Bertz CT molecular complexity index is 1230. The molecule has 32 heavy (non-hydrogen) atoms. The molecule has 4 rings (SSSR count). The molecule has 0 radical (unpaired) electrons. The molecule has 1 aliphatic rings. The average Bonchev–Trinajstić information content (AvgIpc) is 3.04. The van der Waals surface area contributed by atoms with Gasteiger partial charge in [-0.15, -0.1) is 0 Å². The highest BCUT2D eigenvalue weighted by molar-refractivity contribution is 6.46. The average molecular weight is 449 g/mol. The number of nitrogens with zero attached hydrogens (tertiary/aromatic N) is 1. The van der Waals surface area contributed by atoms with E-state index in [2.05, 4.69) is 5.32 Å². The summed E-state index contributed by atoms with van der Waals surface area (Å²) in [4.78, 5) is 28.3. The first kappa shape index (κ1) is 21.5. The van der Waals surface area contributed by atoms with E-state index in [9.17, 15) is 9.59 Å². The highest BCUT2D eigenvalue weighted by atomic mass is 35.5. The minimum atomic E-state index is -0.517. The van der Waals surface area contributed by atoms with Crippen LogP contribution in [0.1, 0.15) is 11.1 Å². The number of imide groups is 1. The van der Waals surface area contributed by atoms with Crippen molar-refractivity contribution in [3.63, 3.8) is 0 Å². The Balaban J connectivity index is 1.87. The second-order valence-electron chi connectivity index (χ2n) is 7.20.